The Morgan fingerprint density at radius 2 is 1.55 bits per heavy atom. The normalized spacial score (nSPS) is 20.9. The van der Waals surface area contributed by atoms with E-state index in [0.717, 1.165) is 48.9 Å². The number of benzene rings is 2. The minimum Gasteiger partial charge on any atom is -0.493 e. The van der Waals surface area contributed by atoms with Gasteiger partial charge in [-0.05, 0) is 66.1 Å². The van der Waals surface area contributed by atoms with Crippen LogP contribution in [0.2, 0.25) is 0 Å². The maximum atomic E-state index is 11.8. The van der Waals surface area contributed by atoms with E-state index in [-0.39, 0.29) is 5.97 Å². The van der Waals surface area contributed by atoms with Gasteiger partial charge in [0.15, 0.2) is 0 Å². The molecule has 0 radical (unpaired) electrons. The zero-order chi connectivity index (χ0) is 22.8. The van der Waals surface area contributed by atoms with Crippen LogP contribution in [0.15, 0.2) is 60.9 Å². The third kappa shape index (κ3) is 4.56. The molecule has 5 rings (SSSR count). The van der Waals surface area contributed by atoms with E-state index in [2.05, 4.69) is 33.9 Å². The van der Waals surface area contributed by atoms with Crippen LogP contribution in [0.3, 0.4) is 0 Å². The van der Waals surface area contributed by atoms with Gasteiger partial charge in [-0.3, -0.25) is 0 Å². The highest BCUT2D eigenvalue weighted by Gasteiger charge is 2.56. The van der Waals surface area contributed by atoms with Crippen molar-refractivity contribution in [1.29, 1.82) is 0 Å². The molecular weight excluding hydrogens is 414 g/mol. The molecule has 0 N–H and O–H groups in total. The second-order valence-electron chi connectivity index (χ2n) is 8.77. The number of fused-ring (bicyclic) bond motifs is 1. The Balaban J connectivity index is 1.11. The summed E-state index contributed by atoms with van der Waals surface area (Å²) in [6, 6.07) is 15.6. The average molecular weight is 444 g/mol. The molecule has 0 amide bonds. The summed E-state index contributed by atoms with van der Waals surface area (Å²) in [5, 5.41) is 0. The van der Waals surface area contributed by atoms with Gasteiger partial charge in [0.1, 0.15) is 5.75 Å². The molecule has 1 aliphatic heterocycles. The Labute approximate surface area is 194 Å². The van der Waals surface area contributed by atoms with Gasteiger partial charge in [0.05, 0.1) is 18.8 Å². The molecule has 2 aliphatic rings. The average Bonchev–Trinajstić information content (AvgIpc) is 3.31. The van der Waals surface area contributed by atoms with Crippen molar-refractivity contribution in [3.05, 3.63) is 72.1 Å². The van der Waals surface area contributed by atoms with E-state index in [4.69, 9.17) is 9.47 Å². The summed E-state index contributed by atoms with van der Waals surface area (Å²) in [5.74, 6) is 3.43. The monoisotopic (exact) mass is 443 g/mol. The van der Waals surface area contributed by atoms with E-state index in [1.54, 1.807) is 12.1 Å². The molecule has 1 aliphatic carbocycles. The lowest BCUT2D eigenvalue weighted by Crippen LogP contribution is -2.27. The smallest absolute Gasteiger partial charge is 0.338 e. The molecular formula is C27H29N3O3. The highest BCUT2D eigenvalue weighted by atomic mass is 16.5. The molecule has 170 valence electrons. The second kappa shape index (κ2) is 9.22. The summed E-state index contributed by atoms with van der Waals surface area (Å²) >= 11 is 0. The highest BCUT2D eigenvalue weighted by molar-refractivity contribution is 5.90. The van der Waals surface area contributed by atoms with Gasteiger partial charge in [0.2, 0.25) is 5.95 Å². The standard InChI is InChI=1S/C27H29N3O3/c1-3-18-13-28-27(29-14-18)30-15-23-24(16-30)25(23)17-33-22-11-9-20(10-12-22)19-5-7-21(8-6-19)26(31)32-4-2/h5-14,23-25H,3-4,15-17H2,1-2H3/t23-,24+,25+. The number of aryl methyl sites for hydroxylation is 1. The molecule has 0 spiro atoms. The van der Waals surface area contributed by atoms with E-state index in [1.165, 1.54) is 5.56 Å². The predicted molar refractivity (Wildman–Crippen MR) is 127 cm³/mol. The van der Waals surface area contributed by atoms with Crippen LogP contribution in [0.25, 0.3) is 11.1 Å². The lowest BCUT2D eigenvalue weighted by molar-refractivity contribution is 0.0526. The number of hydrogen-bond acceptors (Lipinski definition) is 6. The van der Waals surface area contributed by atoms with E-state index >= 15 is 0 Å². The summed E-state index contributed by atoms with van der Waals surface area (Å²) in [6.45, 7) is 7.10. The Kier molecular flexibility index (Phi) is 5.99. The van der Waals surface area contributed by atoms with Gasteiger partial charge in [0, 0.05) is 31.4 Å². The van der Waals surface area contributed by atoms with Gasteiger partial charge < -0.3 is 14.4 Å². The fraction of sp³-hybridized carbons (Fsp3) is 0.370. The van der Waals surface area contributed by atoms with Crippen molar-refractivity contribution in [2.75, 3.05) is 31.2 Å². The van der Waals surface area contributed by atoms with Crippen molar-refractivity contribution < 1.29 is 14.3 Å². The minimum absolute atomic E-state index is 0.289. The van der Waals surface area contributed by atoms with Crippen LogP contribution in [-0.2, 0) is 11.2 Å². The molecule has 33 heavy (non-hydrogen) atoms. The number of rotatable bonds is 8. The van der Waals surface area contributed by atoms with E-state index in [9.17, 15) is 4.79 Å². The van der Waals surface area contributed by atoms with Crippen LogP contribution >= 0.6 is 0 Å². The number of aromatic nitrogens is 2. The molecule has 0 unspecified atom stereocenters. The molecule has 1 saturated carbocycles. The first kappa shape index (κ1) is 21.4. The Hall–Kier alpha value is -3.41. The van der Waals surface area contributed by atoms with Gasteiger partial charge in [-0.1, -0.05) is 31.2 Å². The topological polar surface area (TPSA) is 64.6 Å². The number of carbonyl (C=O) groups excluding carboxylic acids is 1. The fourth-order valence-corrected chi connectivity index (χ4v) is 4.70. The Bertz CT molecular complexity index is 1080. The fourth-order valence-electron chi connectivity index (χ4n) is 4.70. The number of anilines is 1. The molecule has 0 bridgehead atoms. The lowest BCUT2D eigenvalue weighted by Gasteiger charge is -2.19. The van der Waals surface area contributed by atoms with Crippen molar-refractivity contribution >= 4 is 11.9 Å². The van der Waals surface area contributed by atoms with Crippen molar-refractivity contribution in [2.24, 2.45) is 17.8 Å². The van der Waals surface area contributed by atoms with Gasteiger partial charge in [-0.2, -0.15) is 0 Å². The van der Waals surface area contributed by atoms with Crippen molar-refractivity contribution in [3.8, 4) is 16.9 Å². The number of ether oxygens (including phenoxy) is 2. The molecule has 2 heterocycles. The van der Waals surface area contributed by atoms with Gasteiger partial charge in [0.25, 0.3) is 0 Å². The van der Waals surface area contributed by atoms with Crippen LogP contribution < -0.4 is 9.64 Å². The molecule has 3 aromatic rings. The van der Waals surface area contributed by atoms with Gasteiger partial charge in [-0.25, -0.2) is 14.8 Å². The third-order valence-electron chi connectivity index (χ3n) is 6.78. The first-order chi connectivity index (χ1) is 16.2. The largest absolute Gasteiger partial charge is 0.493 e. The molecule has 2 fully saturated rings. The summed E-state index contributed by atoms with van der Waals surface area (Å²) in [5.41, 5.74) is 3.89. The van der Waals surface area contributed by atoms with Crippen LogP contribution in [0, 0.1) is 17.8 Å². The Morgan fingerprint density at radius 1 is 0.939 bits per heavy atom. The molecule has 1 saturated heterocycles. The number of nitrogens with zero attached hydrogens (tertiary/aromatic N) is 3. The van der Waals surface area contributed by atoms with Crippen LogP contribution in [0.4, 0.5) is 5.95 Å². The number of hydrogen-bond donors (Lipinski definition) is 0. The highest BCUT2D eigenvalue weighted by Crippen LogP contribution is 2.52. The minimum atomic E-state index is -0.289. The van der Waals surface area contributed by atoms with E-state index < -0.39 is 0 Å². The molecule has 2 aromatic carbocycles. The molecule has 1 aromatic heterocycles. The van der Waals surface area contributed by atoms with Gasteiger partial charge >= 0.3 is 5.97 Å². The predicted octanol–water partition coefficient (Wildman–Crippen LogP) is 4.64. The summed E-state index contributed by atoms with van der Waals surface area (Å²) in [6.07, 6.45) is 4.84. The van der Waals surface area contributed by atoms with Crippen molar-refractivity contribution in [1.82, 2.24) is 9.97 Å². The lowest BCUT2D eigenvalue weighted by atomic mass is 10.0. The quantitative estimate of drug-likeness (QED) is 0.473. The molecule has 6 heteroatoms. The summed E-state index contributed by atoms with van der Waals surface area (Å²) < 4.78 is 11.1. The second-order valence-corrected chi connectivity index (χ2v) is 8.77. The summed E-state index contributed by atoms with van der Waals surface area (Å²) in [7, 11) is 0. The molecule has 3 atom stereocenters. The van der Waals surface area contributed by atoms with E-state index in [1.807, 2.05) is 43.6 Å². The van der Waals surface area contributed by atoms with Crippen molar-refractivity contribution in [3.63, 3.8) is 0 Å². The molecule has 6 nitrogen and oxygen atoms in total. The van der Waals surface area contributed by atoms with Crippen molar-refractivity contribution in [2.45, 2.75) is 20.3 Å². The first-order valence-electron chi connectivity index (χ1n) is 11.7. The zero-order valence-corrected chi connectivity index (χ0v) is 19.1. The SMILES string of the molecule is CCOC(=O)c1ccc(-c2ccc(OC[C@@H]3[C@H]4CN(c5ncc(CC)cn5)C[C@@H]34)cc2)cc1. The maximum absolute atomic E-state index is 11.8. The number of piperidine rings is 1. The number of esters is 1. The maximum Gasteiger partial charge on any atom is 0.338 e. The zero-order valence-electron chi connectivity index (χ0n) is 19.1. The summed E-state index contributed by atoms with van der Waals surface area (Å²) in [4.78, 5) is 23.1. The third-order valence-corrected chi connectivity index (χ3v) is 6.78. The number of carbonyl (C=O) groups is 1. The van der Waals surface area contributed by atoms with Crippen LogP contribution in [0.5, 0.6) is 5.75 Å². The Morgan fingerprint density at radius 3 is 2.12 bits per heavy atom. The van der Waals surface area contributed by atoms with Crippen LogP contribution in [-0.4, -0.2) is 42.2 Å². The van der Waals surface area contributed by atoms with E-state index in [0.29, 0.717) is 29.9 Å². The van der Waals surface area contributed by atoms with Gasteiger partial charge in [-0.15, -0.1) is 0 Å². The first-order valence-corrected chi connectivity index (χ1v) is 11.7. The van der Waals surface area contributed by atoms with Crippen LogP contribution in [0.1, 0.15) is 29.8 Å².